The van der Waals surface area contributed by atoms with Crippen molar-refractivity contribution in [3.8, 4) is 11.1 Å². The second-order valence-electron chi connectivity index (χ2n) is 7.75. The van der Waals surface area contributed by atoms with E-state index in [9.17, 15) is 8.42 Å². The third-order valence-corrected chi connectivity index (χ3v) is 7.47. The summed E-state index contributed by atoms with van der Waals surface area (Å²) in [6.45, 7) is 0.877. The molecule has 3 N–H and O–H groups in total. The molecule has 0 bridgehead atoms. The van der Waals surface area contributed by atoms with E-state index in [1.54, 1.807) is 41.2 Å². The standard InChI is InChI=1S/C22H22Cl2N6O2S/c1-29(2)11-10-15-12-27-30-21(25)17(13-26-22(15)30)14-6-8-16(9-7-14)28-33(31,32)19-5-3-4-18(23)20(19)24/h3-9,12-13,28H,10-11,25H2,1-2H3. The Labute approximate surface area is 202 Å². The molecule has 2 aromatic heterocycles. The van der Waals surface area contributed by atoms with Gasteiger partial charge in [-0.05, 0) is 50.3 Å². The van der Waals surface area contributed by atoms with Crippen LogP contribution >= 0.6 is 23.2 Å². The van der Waals surface area contributed by atoms with Crippen LogP contribution in [0.4, 0.5) is 11.5 Å². The summed E-state index contributed by atoms with van der Waals surface area (Å²) in [6.07, 6.45) is 4.30. The van der Waals surface area contributed by atoms with Crippen molar-refractivity contribution in [2.45, 2.75) is 11.3 Å². The van der Waals surface area contributed by atoms with Crippen molar-refractivity contribution in [2.75, 3.05) is 31.1 Å². The van der Waals surface area contributed by atoms with Gasteiger partial charge in [0.05, 0.1) is 16.2 Å². The Bertz CT molecular complexity index is 1420. The van der Waals surface area contributed by atoms with Crippen LogP contribution in [-0.4, -0.2) is 48.6 Å². The maximum absolute atomic E-state index is 12.7. The van der Waals surface area contributed by atoms with E-state index in [0.717, 1.165) is 29.7 Å². The molecular formula is C22H22Cl2N6O2S. The molecule has 0 unspecified atom stereocenters. The van der Waals surface area contributed by atoms with Crippen LogP contribution in [-0.2, 0) is 16.4 Å². The summed E-state index contributed by atoms with van der Waals surface area (Å²) >= 11 is 12.0. The third-order valence-electron chi connectivity index (χ3n) is 5.12. The largest absolute Gasteiger partial charge is 0.383 e. The van der Waals surface area contributed by atoms with Crippen molar-refractivity contribution in [1.82, 2.24) is 19.5 Å². The van der Waals surface area contributed by atoms with Gasteiger partial charge in [0, 0.05) is 29.6 Å². The highest BCUT2D eigenvalue weighted by Crippen LogP contribution is 2.31. The number of fused-ring (bicyclic) bond motifs is 1. The molecule has 2 heterocycles. The summed E-state index contributed by atoms with van der Waals surface area (Å²) in [5, 5.41) is 4.53. The monoisotopic (exact) mass is 504 g/mol. The van der Waals surface area contributed by atoms with Crippen LogP contribution in [0.15, 0.2) is 59.8 Å². The van der Waals surface area contributed by atoms with E-state index in [1.807, 2.05) is 14.1 Å². The average molecular weight is 505 g/mol. The van der Waals surface area contributed by atoms with Crippen molar-refractivity contribution < 1.29 is 8.42 Å². The lowest BCUT2D eigenvalue weighted by Gasteiger charge is -2.12. The van der Waals surface area contributed by atoms with Gasteiger partial charge in [-0.25, -0.2) is 13.4 Å². The van der Waals surface area contributed by atoms with Gasteiger partial charge in [-0.3, -0.25) is 4.72 Å². The van der Waals surface area contributed by atoms with E-state index in [-0.39, 0.29) is 14.9 Å². The van der Waals surface area contributed by atoms with Gasteiger partial charge in [0.25, 0.3) is 10.0 Å². The highest BCUT2D eigenvalue weighted by atomic mass is 35.5. The molecule has 8 nitrogen and oxygen atoms in total. The number of nitrogen functional groups attached to an aromatic ring is 1. The van der Waals surface area contributed by atoms with Crippen LogP contribution in [0.5, 0.6) is 0 Å². The molecule has 0 aliphatic heterocycles. The molecule has 0 aliphatic rings. The van der Waals surface area contributed by atoms with Gasteiger partial charge in [0.2, 0.25) is 0 Å². The maximum atomic E-state index is 12.7. The number of nitrogens with zero attached hydrogens (tertiary/aromatic N) is 4. The van der Waals surface area contributed by atoms with E-state index in [0.29, 0.717) is 17.1 Å². The fourth-order valence-electron chi connectivity index (χ4n) is 3.36. The molecular weight excluding hydrogens is 483 g/mol. The Morgan fingerprint density at radius 1 is 1.09 bits per heavy atom. The minimum absolute atomic E-state index is 0.0281. The molecule has 4 aromatic rings. The number of likely N-dealkylation sites (N-methyl/N-ethyl adjacent to an activating group) is 1. The second-order valence-corrected chi connectivity index (χ2v) is 10.2. The fraction of sp³-hybridized carbons (Fsp3) is 0.182. The van der Waals surface area contributed by atoms with Crippen LogP contribution in [0.25, 0.3) is 16.8 Å². The summed E-state index contributed by atoms with van der Waals surface area (Å²) in [6, 6.07) is 11.2. The number of rotatable bonds is 7. The number of anilines is 2. The topological polar surface area (TPSA) is 106 Å². The molecule has 0 atom stereocenters. The summed E-state index contributed by atoms with van der Waals surface area (Å²) in [5.74, 6) is 0.454. The first-order valence-electron chi connectivity index (χ1n) is 10.0. The van der Waals surface area contributed by atoms with E-state index < -0.39 is 10.0 Å². The molecule has 0 radical (unpaired) electrons. The number of aromatic nitrogens is 3. The summed E-state index contributed by atoms with van der Waals surface area (Å²) in [7, 11) is 0.115. The van der Waals surface area contributed by atoms with E-state index in [2.05, 4.69) is 19.7 Å². The minimum Gasteiger partial charge on any atom is -0.383 e. The van der Waals surface area contributed by atoms with E-state index in [1.165, 1.54) is 18.2 Å². The number of hydrogen-bond donors (Lipinski definition) is 2. The molecule has 0 spiro atoms. The molecule has 33 heavy (non-hydrogen) atoms. The van der Waals surface area contributed by atoms with Gasteiger partial charge in [0.1, 0.15) is 10.7 Å². The van der Waals surface area contributed by atoms with Gasteiger partial charge in [-0.15, -0.1) is 0 Å². The zero-order valence-electron chi connectivity index (χ0n) is 18.0. The first-order valence-corrected chi connectivity index (χ1v) is 12.2. The van der Waals surface area contributed by atoms with Gasteiger partial charge in [-0.1, -0.05) is 41.4 Å². The van der Waals surface area contributed by atoms with Crippen LogP contribution < -0.4 is 10.5 Å². The maximum Gasteiger partial charge on any atom is 0.263 e. The molecule has 172 valence electrons. The van der Waals surface area contributed by atoms with Crippen LogP contribution in [0.1, 0.15) is 5.56 Å². The zero-order valence-corrected chi connectivity index (χ0v) is 20.3. The van der Waals surface area contributed by atoms with Crippen molar-refractivity contribution in [3.63, 3.8) is 0 Å². The Morgan fingerprint density at radius 2 is 1.82 bits per heavy atom. The number of nitrogens with two attached hydrogens (primary N) is 1. The molecule has 4 rings (SSSR count). The fourth-order valence-corrected chi connectivity index (χ4v) is 5.18. The summed E-state index contributed by atoms with van der Waals surface area (Å²) < 4.78 is 29.6. The van der Waals surface area contributed by atoms with Gasteiger partial charge < -0.3 is 10.6 Å². The highest BCUT2D eigenvalue weighted by molar-refractivity contribution is 7.92. The average Bonchev–Trinajstić information content (AvgIpc) is 3.19. The third kappa shape index (κ3) is 4.77. The quantitative estimate of drug-likeness (QED) is 0.390. The predicted molar refractivity (Wildman–Crippen MR) is 132 cm³/mol. The van der Waals surface area contributed by atoms with Gasteiger partial charge in [0.15, 0.2) is 5.65 Å². The lowest BCUT2D eigenvalue weighted by atomic mass is 10.1. The Kier molecular flexibility index (Phi) is 6.49. The van der Waals surface area contributed by atoms with E-state index in [4.69, 9.17) is 28.9 Å². The number of halogens is 2. The highest BCUT2D eigenvalue weighted by Gasteiger charge is 2.20. The Morgan fingerprint density at radius 3 is 2.52 bits per heavy atom. The Balaban J connectivity index is 1.59. The van der Waals surface area contributed by atoms with Crippen molar-refractivity contribution in [3.05, 3.63) is 70.5 Å². The first kappa shape index (κ1) is 23.3. The van der Waals surface area contributed by atoms with Crippen LogP contribution in [0, 0.1) is 0 Å². The smallest absolute Gasteiger partial charge is 0.263 e. The first-order chi connectivity index (χ1) is 15.7. The SMILES string of the molecule is CN(C)CCc1cnn2c(N)c(-c3ccc(NS(=O)(=O)c4cccc(Cl)c4Cl)cc3)cnc12. The second kappa shape index (κ2) is 9.18. The molecule has 2 aromatic carbocycles. The molecule has 11 heteroatoms. The number of benzene rings is 2. The minimum atomic E-state index is -3.91. The Hall–Kier alpha value is -2.85. The van der Waals surface area contributed by atoms with Crippen LogP contribution in [0.3, 0.4) is 0 Å². The predicted octanol–water partition coefficient (Wildman–Crippen LogP) is 4.19. The molecule has 0 amide bonds. The molecule has 0 saturated heterocycles. The summed E-state index contributed by atoms with van der Waals surface area (Å²) in [5.41, 5.74) is 9.95. The van der Waals surface area contributed by atoms with Crippen molar-refractivity contribution >= 4 is 50.4 Å². The lowest BCUT2D eigenvalue weighted by Crippen LogP contribution is -2.15. The number of sulfonamides is 1. The van der Waals surface area contributed by atoms with Gasteiger partial charge in [-0.2, -0.15) is 9.61 Å². The normalized spacial score (nSPS) is 11.9. The number of hydrogen-bond acceptors (Lipinski definition) is 6. The van der Waals surface area contributed by atoms with Gasteiger partial charge >= 0.3 is 0 Å². The number of nitrogens with one attached hydrogen (secondary N) is 1. The zero-order chi connectivity index (χ0) is 23.8. The molecule has 0 aliphatic carbocycles. The van der Waals surface area contributed by atoms with Crippen molar-refractivity contribution in [1.29, 1.82) is 0 Å². The summed E-state index contributed by atoms with van der Waals surface area (Å²) in [4.78, 5) is 6.56. The van der Waals surface area contributed by atoms with Crippen LogP contribution in [0.2, 0.25) is 10.0 Å². The molecule has 0 saturated carbocycles. The molecule has 0 fully saturated rings. The van der Waals surface area contributed by atoms with E-state index >= 15 is 0 Å². The lowest BCUT2D eigenvalue weighted by molar-refractivity contribution is 0.414. The van der Waals surface area contributed by atoms with Crippen molar-refractivity contribution in [2.24, 2.45) is 0 Å².